The third-order valence-corrected chi connectivity index (χ3v) is 6.39. The Morgan fingerprint density at radius 3 is 1.91 bits per heavy atom. The fourth-order valence-corrected chi connectivity index (χ4v) is 4.00. The summed E-state index contributed by atoms with van der Waals surface area (Å²) < 4.78 is 36.8. The summed E-state index contributed by atoms with van der Waals surface area (Å²) in [6, 6.07) is 12.4. The van der Waals surface area contributed by atoms with Gasteiger partial charge in [0.1, 0.15) is 22.4 Å². The first-order valence-electron chi connectivity index (χ1n) is 10.1. The van der Waals surface area contributed by atoms with Gasteiger partial charge in [0.2, 0.25) is 0 Å². The molecule has 0 aliphatic carbocycles. The molecule has 4 nitrogen and oxygen atoms in total. The van der Waals surface area contributed by atoms with Crippen molar-refractivity contribution in [3.63, 3.8) is 0 Å². The normalized spacial score (nSPS) is 12.2. The van der Waals surface area contributed by atoms with Crippen LogP contribution in [0.25, 0.3) is 0 Å². The lowest BCUT2D eigenvalue weighted by atomic mass is 9.88. The Bertz CT molecular complexity index is 1130. The summed E-state index contributed by atoms with van der Waals surface area (Å²) in [5.41, 5.74) is 1.23. The van der Waals surface area contributed by atoms with Crippen molar-refractivity contribution in [3.8, 4) is 11.5 Å². The zero-order chi connectivity index (χ0) is 25.0. The van der Waals surface area contributed by atoms with Crippen molar-refractivity contribution in [2.24, 2.45) is 5.92 Å². The molecule has 1 atom stereocenters. The monoisotopic (exact) mass is 547 g/mol. The molecular weight excluding hydrogens is 530 g/mol. The van der Waals surface area contributed by atoms with Crippen LogP contribution in [0.4, 0.5) is 8.78 Å². The van der Waals surface area contributed by atoms with Gasteiger partial charge in [-0.1, -0.05) is 96.6 Å². The van der Waals surface area contributed by atoms with Crippen molar-refractivity contribution in [3.05, 3.63) is 85.6 Å². The number of aromatic nitrogens is 1. The maximum atomic E-state index is 12.8. The van der Waals surface area contributed by atoms with Gasteiger partial charge in [-0.2, -0.15) is 0 Å². The molecule has 0 radical (unpaired) electrons. The predicted molar refractivity (Wildman–Crippen MR) is 130 cm³/mol. The van der Waals surface area contributed by atoms with Crippen LogP contribution in [-0.4, -0.2) is 11.0 Å². The second kappa shape index (κ2) is 11.5. The summed E-state index contributed by atoms with van der Waals surface area (Å²) in [5, 5.41) is -0.0398. The third-order valence-electron chi connectivity index (χ3n) is 4.95. The van der Waals surface area contributed by atoms with Crippen molar-refractivity contribution < 1.29 is 23.0 Å². The minimum atomic E-state index is -2.56. The summed E-state index contributed by atoms with van der Waals surface area (Å²) >= 11 is 24.1. The smallest absolute Gasteiger partial charge is 0.314 e. The highest BCUT2D eigenvalue weighted by Crippen LogP contribution is 2.42. The predicted octanol–water partition coefficient (Wildman–Crippen LogP) is 8.91. The van der Waals surface area contributed by atoms with Gasteiger partial charge >= 0.3 is 5.97 Å². The summed E-state index contributed by atoms with van der Waals surface area (Å²) in [6.45, 7) is 3.76. The fourth-order valence-electron chi connectivity index (χ4n) is 3.22. The van der Waals surface area contributed by atoms with E-state index in [1.54, 1.807) is 24.3 Å². The molecule has 180 valence electrons. The van der Waals surface area contributed by atoms with Crippen molar-refractivity contribution in [1.29, 1.82) is 0 Å². The lowest BCUT2D eigenvalue weighted by molar-refractivity contribution is -0.148. The van der Waals surface area contributed by atoms with Crippen LogP contribution in [0.3, 0.4) is 0 Å². The number of hydrogen-bond donors (Lipinski definition) is 0. The van der Waals surface area contributed by atoms with Crippen molar-refractivity contribution in [2.45, 2.75) is 32.8 Å². The summed E-state index contributed by atoms with van der Waals surface area (Å²) in [6.07, 6.45) is -2.56. The highest BCUT2D eigenvalue weighted by molar-refractivity contribution is 6.47. The topological polar surface area (TPSA) is 48.4 Å². The number of rotatable bonds is 8. The van der Waals surface area contributed by atoms with E-state index >= 15 is 0 Å². The van der Waals surface area contributed by atoms with Crippen LogP contribution in [0.15, 0.2) is 48.5 Å². The number of carbonyl (C=O) groups excluding carboxylic acids is 1. The summed E-state index contributed by atoms with van der Waals surface area (Å²) in [7, 11) is 0. The van der Waals surface area contributed by atoms with Gasteiger partial charge in [0.05, 0.1) is 5.92 Å². The molecule has 0 aliphatic heterocycles. The highest BCUT2D eigenvalue weighted by atomic mass is 35.5. The van der Waals surface area contributed by atoms with Gasteiger partial charge in [-0.05, 0) is 29.2 Å². The number of pyridine rings is 1. The number of ether oxygens (including phenoxy) is 2. The van der Waals surface area contributed by atoms with Crippen LogP contribution in [0.5, 0.6) is 11.5 Å². The van der Waals surface area contributed by atoms with Crippen LogP contribution >= 0.6 is 46.4 Å². The third kappa shape index (κ3) is 6.30. The van der Waals surface area contributed by atoms with Gasteiger partial charge in [-0.15, -0.1) is 0 Å². The molecule has 34 heavy (non-hydrogen) atoms. The Kier molecular flexibility index (Phi) is 8.99. The van der Waals surface area contributed by atoms with E-state index in [0.717, 1.165) is 0 Å². The molecule has 0 N–H and O–H groups in total. The van der Waals surface area contributed by atoms with Crippen molar-refractivity contribution in [2.75, 3.05) is 0 Å². The lowest BCUT2D eigenvalue weighted by Crippen LogP contribution is -2.21. The number of benzene rings is 2. The largest absolute Gasteiger partial charge is 0.460 e. The zero-order valence-electron chi connectivity index (χ0n) is 18.0. The Balaban J connectivity index is 1.67. The first kappa shape index (κ1) is 26.5. The minimum absolute atomic E-state index is 0.0197. The second-order valence-corrected chi connectivity index (χ2v) is 9.17. The van der Waals surface area contributed by atoms with E-state index in [9.17, 15) is 13.6 Å². The van der Waals surface area contributed by atoms with E-state index in [2.05, 4.69) is 4.98 Å². The van der Waals surface area contributed by atoms with Gasteiger partial charge in [0.15, 0.2) is 16.1 Å². The number of alkyl halides is 2. The first-order valence-corrected chi connectivity index (χ1v) is 11.6. The first-order chi connectivity index (χ1) is 16.1. The molecule has 3 rings (SSSR count). The van der Waals surface area contributed by atoms with E-state index in [1.165, 1.54) is 24.3 Å². The molecule has 1 aromatic heterocycles. The van der Waals surface area contributed by atoms with E-state index in [4.69, 9.17) is 55.9 Å². The van der Waals surface area contributed by atoms with Crippen molar-refractivity contribution in [1.82, 2.24) is 4.98 Å². The molecular formula is C24H19Cl4F2NO3. The van der Waals surface area contributed by atoms with E-state index < -0.39 is 18.3 Å². The average Bonchev–Trinajstić information content (AvgIpc) is 2.80. The van der Waals surface area contributed by atoms with Crippen LogP contribution in [0.2, 0.25) is 20.4 Å². The average molecular weight is 549 g/mol. The molecule has 1 heterocycles. The van der Waals surface area contributed by atoms with Crippen LogP contribution < -0.4 is 4.74 Å². The minimum Gasteiger partial charge on any atom is -0.460 e. The standard InChI is InChI=1S/C24H19Cl4F2NO3/c1-12(2)17(14-5-7-15(8-6-14)23(29)30)24(32)33-11-13-3-9-16(10-4-13)34-20-18(25)21(27)31-22(28)19(20)26/h3-10,12,17,23H,11H2,1-2H3. The number of esters is 1. The SMILES string of the molecule is CC(C)C(C(=O)OCc1ccc(Oc2c(Cl)c(Cl)nc(Cl)c2Cl)cc1)c1ccc(C(F)F)cc1. The van der Waals surface area contributed by atoms with Crippen LogP contribution in [-0.2, 0) is 16.1 Å². The van der Waals surface area contributed by atoms with E-state index in [-0.39, 0.29) is 44.2 Å². The van der Waals surface area contributed by atoms with Gasteiger partial charge in [-0.25, -0.2) is 13.8 Å². The molecule has 0 bridgehead atoms. The number of halogens is 6. The Morgan fingerprint density at radius 2 is 1.41 bits per heavy atom. The molecule has 1 unspecified atom stereocenters. The molecule has 0 amide bonds. The molecule has 0 aliphatic rings. The maximum absolute atomic E-state index is 12.8. The van der Waals surface area contributed by atoms with Crippen LogP contribution in [0, 0.1) is 5.92 Å². The quantitative estimate of drug-likeness (QED) is 0.208. The second-order valence-electron chi connectivity index (χ2n) is 7.69. The Labute approximate surface area is 215 Å². The van der Waals surface area contributed by atoms with E-state index in [0.29, 0.717) is 16.9 Å². The summed E-state index contributed by atoms with van der Waals surface area (Å²) in [4.78, 5) is 16.6. The molecule has 10 heteroatoms. The van der Waals surface area contributed by atoms with Gasteiger partial charge < -0.3 is 9.47 Å². The highest BCUT2D eigenvalue weighted by Gasteiger charge is 2.26. The molecule has 0 fully saturated rings. The zero-order valence-corrected chi connectivity index (χ0v) is 21.0. The maximum Gasteiger partial charge on any atom is 0.314 e. The molecule has 3 aromatic rings. The number of hydrogen-bond acceptors (Lipinski definition) is 4. The molecule has 2 aromatic carbocycles. The molecule has 0 saturated heterocycles. The van der Waals surface area contributed by atoms with Crippen LogP contribution in [0.1, 0.15) is 42.9 Å². The van der Waals surface area contributed by atoms with Gasteiger partial charge in [0, 0.05) is 5.56 Å². The van der Waals surface area contributed by atoms with Gasteiger partial charge in [0.25, 0.3) is 6.43 Å². The fraction of sp³-hybridized carbons (Fsp3) is 0.250. The Hall–Kier alpha value is -2.12. The lowest BCUT2D eigenvalue weighted by Gasteiger charge is -2.20. The molecule has 0 saturated carbocycles. The summed E-state index contributed by atoms with van der Waals surface area (Å²) in [5.74, 6) is -0.643. The van der Waals surface area contributed by atoms with Gasteiger partial charge in [-0.3, -0.25) is 4.79 Å². The van der Waals surface area contributed by atoms with Crippen molar-refractivity contribution >= 4 is 52.4 Å². The Morgan fingerprint density at radius 1 is 0.882 bits per heavy atom. The number of nitrogens with zero attached hydrogens (tertiary/aromatic N) is 1. The van der Waals surface area contributed by atoms with E-state index in [1.807, 2.05) is 13.8 Å². The number of carbonyl (C=O) groups is 1. The molecule has 0 spiro atoms.